The van der Waals surface area contributed by atoms with Gasteiger partial charge in [0.25, 0.3) is 5.91 Å². The van der Waals surface area contributed by atoms with E-state index in [1.54, 1.807) is 0 Å². The van der Waals surface area contributed by atoms with Gasteiger partial charge in [0.15, 0.2) is 0 Å². The van der Waals surface area contributed by atoms with Gasteiger partial charge in [-0.15, -0.1) is 0 Å². The van der Waals surface area contributed by atoms with Crippen molar-refractivity contribution < 1.29 is 18.4 Å². The molecule has 0 fully saturated rings. The van der Waals surface area contributed by atoms with Crippen molar-refractivity contribution in [1.29, 1.82) is 0 Å². The number of nitrogens with zero attached hydrogens (tertiary/aromatic N) is 1. The minimum Gasteiger partial charge on any atom is -0.401 e. The maximum Gasteiger partial charge on any atom is 0.254 e. The number of halogens is 2. The quantitative estimate of drug-likeness (QED) is 0.730. The Bertz CT molecular complexity index is 695. The molecule has 5 nitrogen and oxygen atoms in total. The summed E-state index contributed by atoms with van der Waals surface area (Å²) < 4.78 is 28.1. The van der Waals surface area contributed by atoms with Gasteiger partial charge in [0, 0.05) is 24.9 Å². The first-order chi connectivity index (χ1) is 12.3. The van der Waals surface area contributed by atoms with Crippen LogP contribution in [0, 0.1) is 11.8 Å². The molecule has 144 valence electrons. The summed E-state index contributed by atoms with van der Waals surface area (Å²) in [5.41, 5.74) is 13.2. The lowest BCUT2D eigenvalue weighted by Gasteiger charge is -2.32. The zero-order chi connectivity index (χ0) is 19.4. The second-order valence-electron chi connectivity index (χ2n) is 6.63. The van der Waals surface area contributed by atoms with E-state index >= 15 is 0 Å². The molecule has 0 aliphatic heterocycles. The number of hydroxylamine groups is 2. The third-order valence-electron chi connectivity index (χ3n) is 5.12. The average molecular weight is 367 g/mol. The first-order valence-electron chi connectivity index (χ1n) is 8.85. The van der Waals surface area contributed by atoms with Crippen LogP contribution in [0.2, 0.25) is 0 Å². The number of carbonyl (C=O) groups excluding carboxylic acids is 1. The zero-order valence-corrected chi connectivity index (χ0v) is 15.5. The summed E-state index contributed by atoms with van der Waals surface area (Å²) in [6.45, 7) is 2.01. The van der Waals surface area contributed by atoms with Crippen molar-refractivity contribution in [3.8, 4) is 0 Å². The van der Waals surface area contributed by atoms with Crippen molar-refractivity contribution >= 4 is 5.91 Å². The zero-order valence-electron chi connectivity index (χ0n) is 15.5. The van der Waals surface area contributed by atoms with E-state index in [1.807, 2.05) is 6.92 Å². The van der Waals surface area contributed by atoms with Gasteiger partial charge in [-0.25, -0.2) is 13.8 Å². The molecule has 26 heavy (non-hydrogen) atoms. The molecule has 0 radical (unpaired) electrons. The van der Waals surface area contributed by atoms with E-state index in [-0.39, 0.29) is 29.5 Å². The van der Waals surface area contributed by atoms with Gasteiger partial charge in [-0.05, 0) is 49.3 Å². The van der Waals surface area contributed by atoms with Crippen molar-refractivity contribution in [3.05, 3.63) is 46.3 Å². The van der Waals surface area contributed by atoms with Gasteiger partial charge in [0.05, 0.1) is 18.6 Å². The molecular formula is C19H27F2N3O2. The Labute approximate surface area is 153 Å². The van der Waals surface area contributed by atoms with Gasteiger partial charge in [0.2, 0.25) is 0 Å². The van der Waals surface area contributed by atoms with Crippen LogP contribution >= 0.6 is 0 Å². The molecule has 2 atom stereocenters. The van der Waals surface area contributed by atoms with E-state index < -0.39 is 17.6 Å². The third kappa shape index (κ3) is 3.98. The second kappa shape index (κ2) is 8.49. The van der Waals surface area contributed by atoms with Crippen molar-refractivity contribution in [3.63, 3.8) is 0 Å². The highest BCUT2D eigenvalue weighted by Crippen LogP contribution is 2.37. The Balaban J connectivity index is 2.45. The maximum absolute atomic E-state index is 14.1. The van der Waals surface area contributed by atoms with Gasteiger partial charge in [-0.2, -0.15) is 0 Å². The van der Waals surface area contributed by atoms with Gasteiger partial charge >= 0.3 is 0 Å². The third-order valence-corrected chi connectivity index (χ3v) is 5.12. The summed E-state index contributed by atoms with van der Waals surface area (Å²) >= 11 is 0. The minimum atomic E-state index is -0.655. The summed E-state index contributed by atoms with van der Waals surface area (Å²) in [7, 11) is 2.93. The van der Waals surface area contributed by atoms with Gasteiger partial charge in [-0.1, -0.05) is 6.92 Å². The molecular weight excluding hydrogens is 340 g/mol. The molecule has 2 aliphatic carbocycles. The molecule has 0 saturated heterocycles. The molecule has 0 heterocycles. The number of nitrogens with two attached hydrogens (primary N) is 2. The number of carbonyl (C=O) groups is 1. The Morgan fingerprint density at radius 3 is 2.69 bits per heavy atom. The molecule has 0 aromatic rings. The van der Waals surface area contributed by atoms with Crippen molar-refractivity contribution in [2.75, 3.05) is 14.2 Å². The van der Waals surface area contributed by atoms with Crippen LogP contribution in [0.25, 0.3) is 0 Å². The molecule has 0 aromatic carbocycles. The van der Waals surface area contributed by atoms with Crippen LogP contribution in [0.4, 0.5) is 8.78 Å². The van der Waals surface area contributed by atoms with Crippen LogP contribution < -0.4 is 11.5 Å². The standard InChI is InChI=1S/C19H27F2N3O2/c1-4-11-8-9-12(19(25)24(2)26-3)18(23)13(11)10-16(22)17-14(20)6-5-7-15(17)21/h6,10-12H,4-5,7-9,22-23H2,1-3H3/b16-10-. The average Bonchev–Trinajstić information content (AvgIpc) is 2.61. The molecule has 1 amide bonds. The molecule has 4 N–H and O–H groups in total. The Hall–Kier alpha value is -2.15. The summed E-state index contributed by atoms with van der Waals surface area (Å²) in [5.74, 6) is -1.92. The highest BCUT2D eigenvalue weighted by atomic mass is 19.1. The fraction of sp³-hybridized carbons (Fsp3) is 0.526. The van der Waals surface area contributed by atoms with Gasteiger partial charge in [0.1, 0.15) is 11.7 Å². The maximum atomic E-state index is 14.1. The fourth-order valence-electron chi connectivity index (χ4n) is 3.52. The molecule has 0 aromatic heterocycles. The Morgan fingerprint density at radius 2 is 2.12 bits per heavy atom. The minimum absolute atomic E-state index is 0.000505. The number of allylic oxidation sites excluding steroid dienone is 5. The van der Waals surface area contributed by atoms with E-state index in [0.29, 0.717) is 24.1 Å². The smallest absolute Gasteiger partial charge is 0.254 e. The van der Waals surface area contributed by atoms with E-state index in [4.69, 9.17) is 16.3 Å². The summed E-state index contributed by atoms with van der Waals surface area (Å²) in [4.78, 5) is 17.4. The predicted octanol–water partition coefficient (Wildman–Crippen LogP) is 3.37. The first kappa shape index (κ1) is 20.2. The molecule has 0 saturated carbocycles. The monoisotopic (exact) mass is 367 g/mol. The van der Waals surface area contributed by atoms with Crippen molar-refractivity contribution in [2.45, 2.75) is 39.0 Å². The largest absolute Gasteiger partial charge is 0.401 e. The van der Waals surface area contributed by atoms with Gasteiger partial charge < -0.3 is 11.5 Å². The molecule has 2 unspecified atom stereocenters. The predicted molar refractivity (Wildman–Crippen MR) is 96.3 cm³/mol. The number of rotatable bonds is 5. The second-order valence-corrected chi connectivity index (χ2v) is 6.63. The fourth-order valence-corrected chi connectivity index (χ4v) is 3.52. The van der Waals surface area contributed by atoms with Crippen molar-refractivity contribution in [1.82, 2.24) is 5.06 Å². The van der Waals surface area contributed by atoms with Crippen LogP contribution in [-0.2, 0) is 9.63 Å². The SMILES string of the molecule is CCC1CCC(C(=O)N(C)OC)C(N)=C1/C=C(\N)C1=C(F)CCC=C1F. The van der Waals surface area contributed by atoms with Crippen LogP contribution in [0.15, 0.2) is 46.3 Å². The van der Waals surface area contributed by atoms with E-state index in [1.165, 1.54) is 26.3 Å². The van der Waals surface area contributed by atoms with Crippen LogP contribution in [0.3, 0.4) is 0 Å². The summed E-state index contributed by atoms with van der Waals surface area (Å²) in [6.07, 6.45) is 5.43. The number of hydrogen-bond acceptors (Lipinski definition) is 4. The highest BCUT2D eigenvalue weighted by Gasteiger charge is 2.33. The lowest BCUT2D eigenvalue weighted by Crippen LogP contribution is -2.38. The molecule has 2 aliphatic rings. The van der Waals surface area contributed by atoms with E-state index in [9.17, 15) is 13.6 Å². The number of amides is 1. The molecule has 0 bridgehead atoms. The summed E-state index contributed by atoms with van der Waals surface area (Å²) in [5, 5.41) is 1.14. The summed E-state index contributed by atoms with van der Waals surface area (Å²) in [6, 6.07) is 0. The first-order valence-corrected chi connectivity index (χ1v) is 8.85. The normalized spacial score (nSPS) is 24.7. The van der Waals surface area contributed by atoms with E-state index in [2.05, 4.69) is 0 Å². The Kier molecular flexibility index (Phi) is 6.58. The van der Waals surface area contributed by atoms with Gasteiger partial charge in [-0.3, -0.25) is 9.63 Å². The molecule has 2 rings (SSSR count). The molecule has 7 heteroatoms. The van der Waals surface area contributed by atoms with Crippen LogP contribution in [0.5, 0.6) is 0 Å². The highest BCUT2D eigenvalue weighted by molar-refractivity contribution is 5.81. The lowest BCUT2D eigenvalue weighted by atomic mass is 9.77. The van der Waals surface area contributed by atoms with Crippen molar-refractivity contribution in [2.24, 2.45) is 23.3 Å². The van der Waals surface area contributed by atoms with Crippen LogP contribution in [-0.4, -0.2) is 25.1 Å². The molecule has 0 spiro atoms. The number of hydrogen-bond donors (Lipinski definition) is 2. The Morgan fingerprint density at radius 1 is 1.42 bits per heavy atom. The van der Waals surface area contributed by atoms with Crippen LogP contribution in [0.1, 0.15) is 39.0 Å². The van der Waals surface area contributed by atoms with E-state index in [0.717, 1.165) is 17.9 Å². The lowest BCUT2D eigenvalue weighted by molar-refractivity contribution is -0.172. The topological polar surface area (TPSA) is 81.6 Å².